The third kappa shape index (κ3) is 2.95. The molecule has 0 saturated carbocycles. The molecule has 24 heavy (non-hydrogen) atoms. The van der Waals surface area contributed by atoms with Gasteiger partial charge in [0.2, 0.25) is 0 Å². The second-order valence-electron chi connectivity index (χ2n) is 4.53. The topological polar surface area (TPSA) is 26.0 Å². The average Bonchev–Trinajstić information content (AvgIpc) is 2.34. The van der Waals surface area contributed by atoms with E-state index in [4.69, 9.17) is 5.73 Å². The summed E-state index contributed by atoms with van der Waals surface area (Å²) in [4.78, 5) is 0. The van der Waals surface area contributed by atoms with Crippen molar-refractivity contribution in [3.8, 4) is 0 Å². The minimum absolute atomic E-state index is 0.101. The van der Waals surface area contributed by atoms with Gasteiger partial charge in [-0.25, -0.2) is 4.39 Å². The summed E-state index contributed by atoms with van der Waals surface area (Å²) in [5.74, 6) is -5.90. The molecule has 0 atom stereocenters. The standard InChI is InChI=1S/C11H5F12N/c12-7(9(15,16)17,10(18,19)20)4-1-2-6(24)5(3-4)8(13,14)11(21,22)23/h1-3H,24H2. The summed E-state index contributed by atoms with van der Waals surface area (Å²) in [5, 5.41) is 0. The Balaban J connectivity index is 3.73. The first kappa shape index (κ1) is 20.2. The van der Waals surface area contributed by atoms with Gasteiger partial charge in [0.25, 0.3) is 0 Å². The van der Waals surface area contributed by atoms with Crippen molar-refractivity contribution in [3.05, 3.63) is 29.3 Å². The molecule has 1 rings (SSSR count). The molecule has 0 amide bonds. The molecule has 1 nitrogen and oxygen atoms in total. The second kappa shape index (κ2) is 5.34. The van der Waals surface area contributed by atoms with E-state index in [1.807, 2.05) is 0 Å². The van der Waals surface area contributed by atoms with Crippen LogP contribution in [0.15, 0.2) is 18.2 Å². The molecule has 0 aromatic heterocycles. The third-order valence-electron chi connectivity index (χ3n) is 2.93. The fourth-order valence-electron chi connectivity index (χ4n) is 1.68. The van der Waals surface area contributed by atoms with Gasteiger partial charge in [0.05, 0.1) is 5.56 Å². The minimum atomic E-state index is -6.67. The lowest BCUT2D eigenvalue weighted by Crippen LogP contribution is -2.50. The summed E-state index contributed by atoms with van der Waals surface area (Å²) in [6.07, 6.45) is -19.7. The van der Waals surface area contributed by atoms with Crippen LogP contribution in [-0.2, 0) is 11.6 Å². The first-order valence-corrected chi connectivity index (χ1v) is 5.54. The normalized spacial score (nSPS) is 14.8. The van der Waals surface area contributed by atoms with Crippen molar-refractivity contribution >= 4 is 5.69 Å². The van der Waals surface area contributed by atoms with Gasteiger partial charge in [0.1, 0.15) is 0 Å². The van der Waals surface area contributed by atoms with Crippen LogP contribution in [0, 0.1) is 0 Å². The molecule has 0 heterocycles. The lowest BCUT2D eigenvalue weighted by Gasteiger charge is -2.31. The number of anilines is 1. The maximum Gasteiger partial charge on any atom is 0.458 e. The monoisotopic (exact) mass is 379 g/mol. The second-order valence-corrected chi connectivity index (χ2v) is 4.53. The van der Waals surface area contributed by atoms with Crippen LogP contribution >= 0.6 is 0 Å². The van der Waals surface area contributed by atoms with Crippen LogP contribution in [0.4, 0.5) is 58.4 Å². The van der Waals surface area contributed by atoms with E-state index in [1.165, 1.54) is 0 Å². The van der Waals surface area contributed by atoms with Crippen molar-refractivity contribution in [3.63, 3.8) is 0 Å². The predicted molar refractivity (Wildman–Crippen MR) is 55.7 cm³/mol. The zero-order valence-corrected chi connectivity index (χ0v) is 10.8. The summed E-state index contributed by atoms with van der Waals surface area (Å²) in [6.45, 7) is 0. The molecule has 0 saturated heterocycles. The maximum atomic E-state index is 13.7. The van der Waals surface area contributed by atoms with Crippen LogP contribution in [-0.4, -0.2) is 18.5 Å². The van der Waals surface area contributed by atoms with Gasteiger partial charge in [-0.05, 0) is 12.1 Å². The van der Waals surface area contributed by atoms with E-state index in [0.29, 0.717) is 0 Å². The van der Waals surface area contributed by atoms with Crippen LogP contribution in [0.25, 0.3) is 0 Å². The third-order valence-corrected chi connectivity index (χ3v) is 2.93. The summed E-state index contributed by atoms with van der Waals surface area (Å²) in [5.41, 5.74) is -7.79. The van der Waals surface area contributed by atoms with E-state index < -0.39 is 53.0 Å². The van der Waals surface area contributed by atoms with Crippen LogP contribution in [0.3, 0.4) is 0 Å². The smallest absolute Gasteiger partial charge is 0.398 e. The number of hydrogen-bond acceptors (Lipinski definition) is 1. The molecule has 0 aliphatic rings. The summed E-state index contributed by atoms with van der Waals surface area (Å²) in [6, 6.07) is -1.27. The Morgan fingerprint density at radius 2 is 1.04 bits per heavy atom. The fourth-order valence-corrected chi connectivity index (χ4v) is 1.68. The number of nitrogen functional groups attached to an aromatic ring is 1. The maximum absolute atomic E-state index is 13.7. The van der Waals surface area contributed by atoms with Crippen molar-refractivity contribution < 1.29 is 52.7 Å². The SMILES string of the molecule is Nc1ccc(C(F)(C(F)(F)F)C(F)(F)F)cc1C(F)(F)C(F)(F)F. The molecule has 0 radical (unpaired) electrons. The van der Waals surface area contributed by atoms with Gasteiger partial charge >= 0.3 is 30.1 Å². The molecular weight excluding hydrogens is 374 g/mol. The van der Waals surface area contributed by atoms with E-state index in [-0.39, 0.29) is 12.1 Å². The zero-order chi connectivity index (χ0) is 19.4. The van der Waals surface area contributed by atoms with Crippen molar-refractivity contribution in [1.29, 1.82) is 0 Å². The van der Waals surface area contributed by atoms with Gasteiger partial charge in [0, 0.05) is 11.3 Å². The van der Waals surface area contributed by atoms with Crippen LogP contribution in [0.1, 0.15) is 11.1 Å². The lowest BCUT2D eigenvalue weighted by molar-refractivity contribution is -0.348. The molecule has 0 aliphatic heterocycles. The molecule has 0 fully saturated rings. The Morgan fingerprint density at radius 3 is 1.38 bits per heavy atom. The summed E-state index contributed by atoms with van der Waals surface area (Å²) >= 11 is 0. The highest BCUT2D eigenvalue weighted by Crippen LogP contribution is 2.55. The number of hydrogen-bond donors (Lipinski definition) is 1. The van der Waals surface area contributed by atoms with Crippen molar-refractivity contribution in [2.24, 2.45) is 0 Å². The average molecular weight is 379 g/mol. The highest BCUT2D eigenvalue weighted by atomic mass is 19.4. The molecule has 1 aromatic carbocycles. The minimum Gasteiger partial charge on any atom is -0.398 e. The van der Waals surface area contributed by atoms with Crippen LogP contribution in [0.2, 0.25) is 0 Å². The predicted octanol–water partition coefficient (Wildman–Crippen LogP) is 5.21. The molecule has 138 valence electrons. The van der Waals surface area contributed by atoms with Crippen molar-refractivity contribution in [2.75, 3.05) is 5.73 Å². The van der Waals surface area contributed by atoms with Gasteiger partial charge in [-0.1, -0.05) is 6.07 Å². The Labute approximate surface area is 125 Å². The quantitative estimate of drug-likeness (QED) is 0.554. The number of rotatable bonds is 2. The first-order chi connectivity index (χ1) is 10.4. The Morgan fingerprint density at radius 1 is 0.625 bits per heavy atom. The van der Waals surface area contributed by atoms with Crippen molar-refractivity contribution in [2.45, 2.75) is 30.1 Å². The summed E-state index contributed by atoms with van der Waals surface area (Å²) in [7, 11) is 0. The van der Waals surface area contributed by atoms with Gasteiger partial charge in [-0.2, -0.15) is 48.3 Å². The highest BCUT2D eigenvalue weighted by molar-refractivity contribution is 5.53. The van der Waals surface area contributed by atoms with Gasteiger partial charge in [0.15, 0.2) is 0 Å². The Hall–Kier alpha value is -1.82. The number of halogens is 12. The molecular formula is C11H5F12N. The van der Waals surface area contributed by atoms with E-state index in [9.17, 15) is 52.7 Å². The summed E-state index contributed by atoms with van der Waals surface area (Å²) < 4.78 is 152. The Kier molecular flexibility index (Phi) is 4.50. The van der Waals surface area contributed by atoms with E-state index in [1.54, 1.807) is 0 Å². The molecule has 1 aromatic rings. The first-order valence-electron chi connectivity index (χ1n) is 5.54. The highest BCUT2D eigenvalue weighted by Gasteiger charge is 2.74. The van der Waals surface area contributed by atoms with Gasteiger partial charge in [-0.3, -0.25) is 0 Å². The Bertz CT molecular complexity index is 595. The zero-order valence-electron chi connectivity index (χ0n) is 10.8. The molecule has 0 bridgehead atoms. The molecule has 0 spiro atoms. The number of alkyl halides is 12. The largest absolute Gasteiger partial charge is 0.458 e. The number of benzene rings is 1. The molecule has 0 aliphatic carbocycles. The molecule has 2 N–H and O–H groups in total. The lowest BCUT2D eigenvalue weighted by atomic mass is 9.90. The number of nitrogens with two attached hydrogens (primary N) is 1. The van der Waals surface area contributed by atoms with Gasteiger partial charge in [-0.15, -0.1) is 0 Å². The van der Waals surface area contributed by atoms with Gasteiger partial charge < -0.3 is 5.73 Å². The van der Waals surface area contributed by atoms with Crippen LogP contribution in [0.5, 0.6) is 0 Å². The molecule has 0 unspecified atom stereocenters. The van der Waals surface area contributed by atoms with E-state index in [0.717, 1.165) is 0 Å². The fraction of sp³-hybridized carbons (Fsp3) is 0.455. The van der Waals surface area contributed by atoms with Crippen LogP contribution < -0.4 is 5.73 Å². The van der Waals surface area contributed by atoms with Crippen molar-refractivity contribution in [1.82, 2.24) is 0 Å². The van der Waals surface area contributed by atoms with E-state index in [2.05, 4.69) is 0 Å². The molecule has 13 heteroatoms. The van der Waals surface area contributed by atoms with E-state index >= 15 is 0 Å².